The Bertz CT molecular complexity index is 524. The maximum Gasteiger partial charge on any atom is 0.405 e. The van der Waals surface area contributed by atoms with Gasteiger partial charge in [0.05, 0.1) is 0 Å². The lowest BCUT2D eigenvalue weighted by molar-refractivity contribution is -0.120. The largest absolute Gasteiger partial charge is 0.405 e. The Morgan fingerprint density at radius 1 is 1.24 bits per heavy atom. The highest BCUT2D eigenvalue weighted by atomic mass is 19.4. The van der Waals surface area contributed by atoms with Gasteiger partial charge in [-0.25, -0.2) is 4.98 Å². The van der Waals surface area contributed by atoms with E-state index in [1.54, 1.807) is 0 Å². The maximum atomic E-state index is 12.9. The summed E-state index contributed by atoms with van der Waals surface area (Å²) in [6.07, 6.45) is 1.39. The molecule has 21 heavy (non-hydrogen) atoms. The van der Waals surface area contributed by atoms with E-state index in [1.165, 1.54) is 4.90 Å². The van der Waals surface area contributed by atoms with E-state index in [9.17, 15) is 13.2 Å². The van der Waals surface area contributed by atoms with Crippen molar-refractivity contribution in [2.24, 2.45) is 5.73 Å². The van der Waals surface area contributed by atoms with E-state index in [0.717, 1.165) is 55.3 Å². The van der Waals surface area contributed by atoms with E-state index in [0.29, 0.717) is 5.82 Å². The third kappa shape index (κ3) is 3.31. The first-order valence-electron chi connectivity index (χ1n) is 7.53. The molecular weight excluding hydrogens is 279 g/mol. The molecule has 0 aromatic carbocycles. The quantitative estimate of drug-likeness (QED) is 0.929. The number of hydrogen-bond donors (Lipinski definition) is 1. The molecule has 1 saturated carbocycles. The number of nitrogens with two attached hydrogens (primary N) is 1. The van der Waals surface area contributed by atoms with Crippen LogP contribution in [-0.4, -0.2) is 23.7 Å². The Labute approximate surface area is 122 Å². The number of fused-ring (bicyclic) bond motifs is 1. The minimum Gasteiger partial charge on any atom is -0.344 e. The molecule has 0 radical (unpaired) electrons. The molecule has 2 aliphatic carbocycles. The van der Waals surface area contributed by atoms with Crippen LogP contribution in [0.1, 0.15) is 42.5 Å². The molecule has 6 heteroatoms. The monoisotopic (exact) mass is 299 g/mol. The van der Waals surface area contributed by atoms with Crippen molar-refractivity contribution in [1.29, 1.82) is 0 Å². The van der Waals surface area contributed by atoms with Crippen molar-refractivity contribution in [2.45, 2.75) is 57.3 Å². The molecule has 0 bridgehead atoms. The van der Waals surface area contributed by atoms with Crippen molar-refractivity contribution < 1.29 is 13.2 Å². The number of aryl methyl sites for hydroxylation is 2. The minimum atomic E-state index is -4.22. The number of halogens is 3. The molecule has 0 atom stereocenters. The second-order valence-corrected chi connectivity index (χ2v) is 5.96. The lowest BCUT2D eigenvalue weighted by atomic mass is 9.94. The lowest BCUT2D eigenvalue weighted by Gasteiger charge is -2.28. The summed E-state index contributed by atoms with van der Waals surface area (Å²) in [5.41, 5.74) is 8.62. The Kier molecular flexibility index (Phi) is 3.82. The molecule has 2 N–H and O–H groups in total. The van der Waals surface area contributed by atoms with Gasteiger partial charge in [-0.2, -0.15) is 13.2 Å². The van der Waals surface area contributed by atoms with Gasteiger partial charge in [0.1, 0.15) is 12.4 Å². The van der Waals surface area contributed by atoms with E-state index in [4.69, 9.17) is 5.73 Å². The van der Waals surface area contributed by atoms with Gasteiger partial charge < -0.3 is 10.6 Å². The summed E-state index contributed by atoms with van der Waals surface area (Å²) in [6.45, 7) is -0.701. The van der Waals surface area contributed by atoms with E-state index in [-0.39, 0.29) is 12.6 Å². The average molecular weight is 299 g/mol. The van der Waals surface area contributed by atoms with Crippen LogP contribution in [-0.2, 0) is 19.4 Å². The summed E-state index contributed by atoms with van der Waals surface area (Å²) in [4.78, 5) is 5.99. The molecule has 0 aliphatic heterocycles. The van der Waals surface area contributed by atoms with Crippen molar-refractivity contribution in [1.82, 2.24) is 4.98 Å². The number of hydrogen-bond acceptors (Lipinski definition) is 3. The standard InChI is InChI=1S/C15H20F3N3/c16-15(17,18)9-21(12-5-6-12)14-11(8-19)7-10-3-1-2-4-13(10)20-14/h7,12H,1-6,8-9,19H2. The lowest BCUT2D eigenvalue weighted by Crippen LogP contribution is -2.37. The Hall–Kier alpha value is -1.30. The molecule has 0 spiro atoms. The van der Waals surface area contributed by atoms with Gasteiger partial charge in [-0.1, -0.05) is 0 Å². The average Bonchev–Trinajstić information content (AvgIpc) is 3.27. The molecule has 0 unspecified atom stereocenters. The van der Waals surface area contributed by atoms with E-state index >= 15 is 0 Å². The second-order valence-electron chi connectivity index (χ2n) is 5.96. The SMILES string of the molecule is NCc1cc2c(nc1N(CC(F)(F)F)C1CC1)CCCC2. The number of pyridine rings is 1. The summed E-state index contributed by atoms with van der Waals surface area (Å²) in [6, 6.07) is 1.94. The molecule has 0 saturated heterocycles. The molecule has 1 aromatic rings. The molecule has 3 rings (SSSR count). The topological polar surface area (TPSA) is 42.1 Å². The Morgan fingerprint density at radius 2 is 1.95 bits per heavy atom. The molecule has 0 amide bonds. The van der Waals surface area contributed by atoms with E-state index < -0.39 is 12.7 Å². The molecule has 1 aromatic heterocycles. The zero-order valence-corrected chi connectivity index (χ0v) is 11.9. The second kappa shape index (κ2) is 5.48. The van der Waals surface area contributed by atoms with Crippen LogP contribution < -0.4 is 10.6 Å². The highest BCUT2D eigenvalue weighted by molar-refractivity contribution is 5.52. The molecule has 1 heterocycles. The van der Waals surface area contributed by atoms with Crippen molar-refractivity contribution in [3.05, 3.63) is 22.9 Å². The zero-order valence-electron chi connectivity index (χ0n) is 11.9. The first-order chi connectivity index (χ1) is 9.98. The number of alkyl halides is 3. The maximum absolute atomic E-state index is 12.9. The molecule has 3 nitrogen and oxygen atoms in total. The Morgan fingerprint density at radius 3 is 2.57 bits per heavy atom. The molecular formula is C15H20F3N3. The van der Waals surface area contributed by atoms with Crippen LogP contribution in [0.3, 0.4) is 0 Å². The molecule has 1 fully saturated rings. The normalized spacial score (nSPS) is 18.5. The summed E-state index contributed by atoms with van der Waals surface area (Å²) in [7, 11) is 0. The van der Waals surface area contributed by atoms with Gasteiger partial charge in [0, 0.05) is 23.8 Å². The number of aromatic nitrogens is 1. The van der Waals surface area contributed by atoms with Crippen LogP contribution in [0.25, 0.3) is 0 Å². The summed E-state index contributed by atoms with van der Waals surface area (Å²) >= 11 is 0. The summed E-state index contributed by atoms with van der Waals surface area (Å²) in [5, 5.41) is 0. The summed E-state index contributed by atoms with van der Waals surface area (Å²) < 4.78 is 38.6. The van der Waals surface area contributed by atoms with Crippen molar-refractivity contribution in [3.63, 3.8) is 0 Å². The van der Waals surface area contributed by atoms with Crippen LogP contribution in [0.2, 0.25) is 0 Å². The fraction of sp³-hybridized carbons (Fsp3) is 0.667. The predicted octanol–water partition coefficient (Wildman–Crippen LogP) is 2.95. The number of rotatable bonds is 4. The van der Waals surface area contributed by atoms with Gasteiger partial charge in [0.15, 0.2) is 0 Å². The van der Waals surface area contributed by atoms with Gasteiger partial charge in [0.25, 0.3) is 0 Å². The van der Waals surface area contributed by atoms with Crippen molar-refractivity contribution in [2.75, 3.05) is 11.4 Å². The first-order valence-corrected chi connectivity index (χ1v) is 7.53. The van der Waals surface area contributed by atoms with Gasteiger partial charge in [-0.15, -0.1) is 0 Å². The van der Waals surface area contributed by atoms with Gasteiger partial charge in [-0.05, 0) is 50.2 Å². The smallest absolute Gasteiger partial charge is 0.344 e. The zero-order chi connectivity index (χ0) is 15.0. The summed E-state index contributed by atoms with van der Waals surface area (Å²) in [5.74, 6) is 0.456. The Balaban J connectivity index is 1.97. The van der Waals surface area contributed by atoms with Crippen LogP contribution >= 0.6 is 0 Å². The predicted molar refractivity (Wildman–Crippen MR) is 75.2 cm³/mol. The van der Waals surface area contributed by atoms with Crippen molar-refractivity contribution in [3.8, 4) is 0 Å². The molecule has 116 valence electrons. The first kappa shape index (κ1) is 14.6. The van der Waals surface area contributed by atoms with Gasteiger partial charge in [-0.3, -0.25) is 0 Å². The van der Waals surface area contributed by atoms with Crippen LogP contribution in [0.5, 0.6) is 0 Å². The fourth-order valence-electron chi connectivity index (χ4n) is 3.03. The minimum absolute atomic E-state index is 0.0361. The third-order valence-electron chi connectivity index (χ3n) is 4.19. The van der Waals surface area contributed by atoms with Crippen LogP contribution in [0, 0.1) is 0 Å². The molecule has 2 aliphatic rings. The van der Waals surface area contributed by atoms with Gasteiger partial charge in [0.2, 0.25) is 0 Å². The third-order valence-corrected chi connectivity index (χ3v) is 4.19. The van der Waals surface area contributed by atoms with Crippen LogP contribution in [0.4, 0.5) is 19.0 Å². The fourth-order valence-corrected chi connectivity index (χ4v) is 3.03. The van der Waals surface area contributed by atoms with Gasteiger partial charge >= 0.3 is 6.18 Å². The number of anilines is 1. The van der Waals surface area contributed by atoms with E-state index in [2.05, 4.69) is 4.98 Å². The van der Waals surface area contributed by atoms with Crippen LogP contribution in [0.15, 0.2) is 6.07 Å². The van der Waals surface area contributed by atoms with Crippen molar-refractivity contribution >= 4 is 5.82 Å². The highest BCUT2D eigenvalue weighted by Crippen LogP contribution is 2.36. The number of nitrogens with zero attached hydrogens (tertiary/aromatic N) is 2. The highest BCUT2D eigenvalue weighted by Gasteiger charge is 2.39. The van der Waals surface area contributed by atoms with E-state index in [1.807, 2.05) is 6.07 Å².